The van der Waals surface area contributed by atoms with Crippen molar-refractivity contribution in [1.29, 1.82) is 0 Å². The molecule has 0 amide bonds. The lowest BCUT2D eigenvalue weighted by Gasteiger charge is -2.06. The van der Waals surface area contributed by atoms with Crippen LogP contribution in [0.25, 0.3) is 10.8 Å². The Morgan fingerprint density at radius 1 is 0.727 bits per heavy atom. The van der Waals surface area contributed by atoms with Crippen LogP contribution in [-0.2, 0) is 19.3 Å². The number of hydrogen-bond donors (Lipinski definition) is 0. The van der Waals surface area contributed by atoms with E-state index in [-0.39, 0.29) is 5.82 Å². The van der Waals surface area contributed by atoms with E-state index in [0.717, 1.165) is 41.3 Å². The number of rotatable bonds is 6. The number of hydrogen-bond acceptors (Lipinski definition) is 0. The molecule has 0 bridgehead atoms. The highest BCUT2D eigenvalue weighted by Crippen LogP contribution is 2.23. The second kappa shape index (κ2) is 10.8. The summed E-state index contributed by atoms with van der Waals surface area (Å²) in [5.41, 5.74) is 6.62. The first-order valence-corrected chi connectivity index (χ1v) is 11.6. The fourth-order valence-corrected chi connectivity index (χ4v) is 3.96. The Labute approximate surface area is 196 Å². The fourth-order valence-electron chi connectivity index (χ4n) is 3.96. The van der Waals surface area contributed by atoms with E-state index in [2.05, 4.69) is 73.4 Å². The van der Waals surface area contributed by atoms with Crippen LogP contribution in [0, 0.1) is 24.6 Å². The van der Waals surface area contributed by atoms with Gasteiger partial charge < -0.3 is 0 Å². The fraction of sp³-hybridized carbons (Fsp3) is 0.188. The minimum atomic E-state index is -0.113. The summed E-state index contributed by atoms with van der Waals surface area (Å²) in [6.07, 6.45) is 7.70. The van der Waals surface area contributed by atoms with E-state index in [0.29, 0.717) is 11.8 Å². The Morgan fingerprint density at radius 2 is 1.36 bits per heavy atom. The highest BCUT2D eigenvalue weighted by Gasteiger charge is 2.07. The van der Waals surface area contributed by atoms with Crippen molar-refractivity contribution >= 4 is 10.8 Å². The van der Waals surface area contributed by atoms with E-state index in [4.69, 9.17) is 0 Å². The topological polar surface area (TPSA) is 0 Å². The molecule has 0 aliphatic heterocycles. The zero-order chi connectivity index (χ0) is 23.0. The number of benzene rings is 4. The SMILES string of the molecule is C/C=C/CCc1ccc2cc(C#Cc3ccc(CCc4ccc(C)cc4)cc3)ccc2c1F. The van der Waals surface area contributed by atoms with Crippen LogP contribution in [0.4, 0.5) is 4.39 Å². The van der Waals surface area contributed by atoms with Crippen molar-refractivity contribution in [2.24, 2.45) is 0 Å². The molecule has 0 fully saturated rings. The van der Waals surface area contributed by atoms with E-state index < -0.39 is 0 Å². The van der Waals surface area contributed by atoms with Crippen molar-refractivity contribution in [3.8, 4) is 11.8 Å². The van der Waals surface area contributed by atoms with Crippen molar-refractivity contribution in [2.45, 2.75) is 39.5 Å². The summed E-state index contributed by atoms with van der Waals surface area (Å²) in [6, 6.07) is 26.8. The minimum absolute atomic E-state index is 0.113. The van der Waals surface area contributed by atoms with Gasteiger partial charge in [-0.05, 0) is 85.9 Å². The first-order chi connectivity index (χ1) is 16.1. The van der Waals surface area contributed by atoms with Crippen molar-refractivity contribution < 1.29 is 4.39 Å². The van der Waals surface area contributed by atoms with Crippen LogP contribution in [0.3, 0.4) is 0 Å². The molecule has 0 atom stereocenters. The molecule has 0 heterocycles. The number of fused-ring (bicyclic) bond motifs is 1. The molecule has 0 nitrogen and oxygen atoms in total. The molecule has 33 heavy (non-hydrogen) atoms. The normalized spacial score (nSPS) is 11.0. The highest BCUT2D eigenvalue weighted by atomic mass is 19.1. The molecule has 4 aromatic carbocycles. The molecule has 0 unspecified atom stereocenters. The third kappa shape index (κ3) is 5.99. The smallest absolute Gasteiger partial charge is 0.134 e. The highest BCUT2D eigenvalue weighted by molar-refractivity contribution is 5.85. The lowest BCUT2D eigenvalue weighted by molar-refractivity contribution is 0.621. The van der Waals surface area contributed by atoms with Crippen molar-refractivity contribution in [3.05, 3.63) is 130 Å². The Kier molecular flexibility index (Phi) is 7.38. The second-order valence-electron chi connectivity index (χ2n) is 8.51. The van der Waals surface area contributed by atoms with Crippen LogP contribution in [-0.4, -0.2) is 0 Å². The summed E-state index contributed by atoms with van der Waals surface area (Å²) >= 11 is 0. The van der Waals surface area contributed by atoms with Crippen LogP contribution in [0.2, 0.25) is 0 Å². The van der Waals surface area contributed by atoms with Gasteiger partial charge >= 0.3 is 0 Å². The molecular formula is C32H29F. The summed E-state index contributed by atoms with van der Waals surface area (Å²) in [5, 5.41) is 1.55. The van der Waals surface area contributed by atoms with E-state index in [1.807, 2.05) is 43.3 Å². The molecule has 0 aromatic heterocycles. The van der Waals surface area contributed by atoms with Crippen molar-refractivity contribution in [2.75, 3.05) is 0 Å². The molecule has 0 saturated heterocycles. The van der Waals surface area contributed by atoms with Gasteiger partial charge in [0.2, 0.25) is 0 Å². The van der Waals surface area contributed by atoms with Crippen LogP contribution < -0.4 is 0 Å². The van der Waals surface area contributed by atoms with E-state index in [9.17, 15) is 4.39 Å². The van der Waals surface area contributed by atoms with Gasteiger partial charge in [0, 0.05) is 16.5 Å². The van der Waals surface area contributed by atoms with Gasteiger partial charge in [-0.3, -0.25) is 0 Å². The molecule has 164 valence electrons. The van der Waals surface area contributed by atoms with Crippen LogP contribution >= 0.6 is 0 Å². The van der Waals surface area contributed by atoms with E-state index in [1.54, 1.807) is 0 Å². The van der Waals surface area contributed by atoms with Gasteiger partial charge in [-0.25, -0.2) is 4.39 Å². The van der Waals surface area contributed by atoms with Crippen LogP contribution in [0.15, 0.2) is 91.0 Å². The summed E-state index contributed by atoms with van der Waals surface area (Å²) in [7, 11) is 0. The Balaban J connectivity index is 1.43. The standard InChI is InChI=1S/C32H29F/c1-3-4-5-6-29-20-21-30-23-28(19-22-31(30)32(29)33)18-17-27-15-13-26(14-16-27)12-11-25-9-7-24(2)8-10-25/h3-4,7-10,13-16,19-23H,5-6,11-12H2,1-2H3/b4-3+. The van der Waals surface area contributed by atoms with E-state index >= 15 is 0 Å². The molecule has 0 aliphatic carbocycles. The Bertz CT molecular complexity index is 1310. The van der Waals surface area contributed by atoms with Gasteiger partial charge in [0.25, 0.3) is 0 Å². The number of allylic oxidation sites excluding steroid dienone is 2. The molecule has 4 aromatic rings. The lowest BCUT2D eigenvalue weighted by Crippen LogP contribution is -1.92. The predicted molar refractivity (Wildman–Crippen MR) is 138 cm³/mol. The van der Waals surface area contributed by atoms with Gasteiger partial charge in [-0.15, -0.1) is 0 Å². The molecule has 0 spiro atoms. The maximum atomic E-state index is 14.8. The van der Waals surface area contributed by atoms with Gasteiger partial charge in [0.15, 0.2) is 0 Å². The average Bonchev–Trinajstić information content (AvgIpc) is 2.84. The van der Waals surface area contributed by atoms with Gasteiger partial charge in [0.05, 0.1) is 0 Å². The van der Waals surface area contributed by atoms with Gasteiger partial charge in [-0.1, -0.05) is 84.2 Å². The lowest BCUT2D eigenvalue weighted by atomic mass is 10.0. The molecular weight excluding hydrogens is 403 g/mol. The Morgan fingerprint density at radius 3 is 2.06 bits per heavy atom. The summed E-state index contributed by atoms with van der Waals surface area (Å²) in [5.74, 6) is 6.36. The van der Waals surface area contributed by atoms with Gasteiger partial charge in [0.1, 0.15) is 5.82 Å². The number of halogens is 1. The largest absolute Gasteiger partial charge is 0.206 e. The van der Waals surface area contributed by atoms with Crippen LogP contribution in [0.1, 0.15) is 46.7 Å². The van der Waals surface area contributed by atoms with Crippen molar-refractivity contribution in [3.63, 3.8) is 0 Å². The minimum Gasteiger partial charge on any atom is -0.206 e. The molecule has 1 heteroatoms. The summed E-state index contributed by atoms with van der Waals surface area (Å²) in [4.78, 5) is 0. The maximum absolute atomic E-state index is 14.8. The molecule has 0 N–H and O–H groups in total. The molecule has 0 radical (unpaired) electrons. The molecule has 4 rings (SSSR count). The van der Waals surface area contributed by atoms with Crippen molar-refractivity contribution in [1.82, 2.24) is 0 Å². The first kappa shape index (κ1) is 22.6. The third-order valence-corrected chi connectivity index (χ3v) is 5.98. The first-order valence-electron chi connectivity index (χ1n) is 11.6. The quantitative estimate of drug-likeness (QED) is 0.214. The van der Waals surface area contributed by atoms with E-state index in [1.165, 1.54) is 16.7 Å². The van der Waals surface area contributed by atoms with Crippen LogP contribution in [0.5, 0.6) is 0 Å². The predicted octanol–water partition coefficient (Wildman–Crippen LogP) is 7.98. The summed E-state index contributed by atoms with van der Waals surface area (Å²) < 4.78 is 14.8. The maximum Gasteiger partial charge on any atom is 0.134 e. The zero-order valence-electron chi connectivity index (χ0n) is 19.4. The zero-order valence-corrected chi connectivity index (χ0v) is 19.4. The monoisotopic (exact) mass is 432 g/mol. The molecule has 0 saturated carbocycles. The average molecular weight is 433 g/mol. The molecule has 0 aliphatic rings. The Hall–Kier alpha value is -3.63. The number of aryl methyl sites for hydroxylation is 4. The van der Waals surface area contributed by atoms with Gasteiger partial charge in [-0.2, -0.15) is 0 Å². The third-order valence-electron chi connectivity index (χ3n) is 5.98. The summed E-state index contributed by atoms with van der Waals surface area (Å²) in [6.45, 7) is 4.10. The second-order valence-corrected chi connectivity index (χ2v) is 8.51.